The van der Waals surface area contributed by atoms with Crippen LogP contribution in [-0.2, 0) is 9.47 Å². The van der Waals surface area contributed by atoms with Crippen molar-refractivity contribution in [3.05, 3.63) is 0 Å². The number of hydrogen-bond donors (Lipinski definition) is 1. The highest BCUT2D eigenvalue weighted by Gasteiger charge is 2.23. The molecule has 0 radical (unpaired) electrons. The van der Waals surface area contributed by atoms with E-state index in [1.165, 1.54) is 0 Å². The van der Waals surface area contributed by atoms with Gasteiger partial charge in [0, 0.05) is 13.1 Å². The van der Waals surface area contributed by atoms with E-state index in [1.807, 2.05) is 0 Å². The second-order valence-electron chi connectivity index (χ2n) is 5.30. The number of ether oxygens (including phenoxy) is 2. The summed E-state index contributed by atoms with van der Waals surface area (Å²) in [5, 5.41) is 0. The van der Waals surface area contributed by atoms with Gasteiger partial charge in [0.2, 0.25) is 0 Å². The molecule has 1 unspecified atom stereocenters. The average Bonchev–Trinajstić information content (AvgIpc) is 2.29. The predicted molar refractivity (Wildman–Crippen MR) is 65.3 cm³/mol. The Labute approximate surface area is 99.1 Å². The summed E-state index contributed by atoms with van der Waals surface area (Å²) >= 11 is 0. The highest BCUT2D eigenvalue weighted by molar-refractivity contribution is 4.76. The third-order valence-electron chi connectivity index (χ3n) is 3.08. The van der Waals surface area contributed by atoms with Crippen LogP contribution in [0.1, 0.15) is 27.2 Å². The first kappa shape index (κ1) is 13.9. The summed E-state index contributed by atoms with van der Waals surface area (Å²) in [5.41, 5.74) is 5.95. The average molecular weight is 230 g/mol. The van der Waals surface area contributed by atoms with Gasteiger partial charge >= 0.3 is 0 Å². The van der Waals surface area contributed by atoms with Crippen LogP contribution in [0.25, 0.3) is 0 Å². The van der Waals surface area contributed by atoms with E-state index in [9.17, 15) is 0 Å². The van der Waals surface area contributed by atoms with Crippen molar-refractivity contribution < 1.29 is 9.47 Å². The van der Waals surface area contributed by atoms with Gasteiger partial charge in [-0.25, -0.2) is 0 Å². The van der Waals surface area contributed by atoms with Crippen molar-refractivity contribution in [3.8, 4) is 0 Å². The third kappa shape index (κ3) is 4.78. The Kier molecular flexibility index (Phi) is 5.69. The zero-order chi connectivity index (χ0) is 12.0. The fourth-order valence-electron chi connectivity index (χ4n) is 1.91. The number of rotatable bonds is 6. The van der Waals surface area contributed by atoms with Gasteiger partial charge in [-0.05, 0) is 24.9 Å². The molecule has 1 aliphatic heterocycles. The first-order chi connectivity index (χ1) is 7.57. The van der Waals surface area contributed by atoms with Crippen LogP contribution in [0, 0.1) is 5.41 Å². The molecule has 1 fully saturated rings. The second-order valence-corrected chi connectivity index (χ2v) is 5.30. The summed E-state index contributed by atoms with van der Waals surface area (Å²) in [6, 6.07) is 0. The van der Waals surface area contributed by atoms with E-state index >= 15 is 0 Å². The van der Waals surface area contributed by atoms with Crippen molar-refractivity contribution in [2.75, 3.05) is 39.6 Å². The van der Waals surface area contributed by atoms with Crippen molar-refractivity contribution in [1.29, 1.82) is 0 Å². The summed E-state index contributed by atoms with van der Waals surface area (Å²) < 4.78 is 10.7. The standard InChI is InChI=1S/C12H26N2O2/c1-4-14(9-12(2,3)8-13)7-11-5-6-15-10-16-11/h11H,4-10,13H2,1-3H3. The van der Waals surface area contributed by atoms with E-state index in [0.717, 1.165) is 39.2 Å². The molecule has 2 N–H and O–H groups in total. The normalized spacial score (nSPS) is 22.7. The van der Waals surface area contributed by atoms with E-state index < -0.39 is 0 Å². The Bertz CT molecular complexity index is 191. The fraction of sp³-hybridized carbons (Fsp3) is 1.00. The molecular weight excluding hydrogens is 204 g/mol. The molecule has 0 bridgehead atoms. The summed E-state index contributed by atoms with van der Waals surface area (Å²) in [6.07, 6.45) is 1.32. The van der Waals surface area contributed by atoms with Crippen molar-refractivity contribution in [2.24, 2.45) is 11.1 Å². The summed E-state index contributed by atoms with van der Waals surface area (Å²) in [7, 11) is 0. The van der Waals surface area contributed by atoms with Crippen LogP contribution in [0.2, 0.25) is 0 Å². The Hall–Kier alpha value is -0.160. The van der Waals surface area contributed by atoms with Gasteiger partial charge in [0.05, 0.1) is 12.7 Å². The molecule has 0 aromatic rings. The lowest BCUT2D eigenvalue weighted by atomic mass is 9.93. The largest absolute Gasteiger partial charge is 0.355 e. The van der Waals surface area contributed by atoms with Gasteiger partial charge in [-0.2, -0.15) is 0 Å². The van der Waals surface area contributed by atoms with Crippen molar-refractivity contribution in [3.63, 3.8) is 0 Å². The molecule has 4 nitrogen and oxygen atoms in total. The van der Waals surface area contributed by atoms with Gasteiger partial charge in [0.1, 0.15) is 6.79 Å². The summed E-state index contributed by atoms with van der Waals surface area (Å²) in [4.78, 5) is 2.42. The van der Waals surface area contributed by atoms with Crippen LogP contribution < -0.4 is 5.73 Å². The van der Waals surface area contributed by atoms with Gasteiger partial charge < -0.3 is 20.1 Å². The van der Waals surface area contributed by atoms with Gasteiger partial charge in [0.15, 0.2) is 0 Å². The van der Waals surface area contributed by atoms with Gasteiger partial charge in [-0.1, -0.05) is 20.8 Å². The Morgan fingerprint density at radius 2 is 2.19 bits per heavy atom. The smallest absolute Gasteiger partial charge is 0.147 e. The third-order valence-corrected chi connectivity index (χ3v) is 3.08. The lowest BCUT2D eigenvalue weighted by molar-refractivity contribution is -0.145. The van der Waals surface area contributed by atoms with Crippen LogP contribution in [0.15, 0.2) is 0 Å². The van der Waals surface area contributed by atoms with Crippen LogP contribution >= 0.6 is 0 Å². The molecule has 1 saturated heterocycles. The van der Waals surface area contributed by atoms with Gasteiger partial charge in [-0.3, -0.25) is 0 Å². The lowest BCUT2D eigenvalue weighted by Gasteiger charge is -2.34. The minimum Gasteiger partial charge on any atom is -0.355 e. The first-order valence-corrected chi connectivity index (χ1v) is 6.19. The molecule has 0 spiro atoms. The molecule has 0 amide bonds. The quantitative estimate of drug-likeness (QED) is 0.741. The second kappa shape index (κ2) is 6.55. The number of nitrogens with two attached hydrogens (primary N) is 1. The van der Waals surface area contributed by atoms with Crippen LogP contribution in [0.5, 0.6) is 0 Å². The molecule has 1 rings (SSSR count). The maximum absolute atomic E-state index is 5.76. The highest BCUT2D eigenvalue weighted by atomic mass is 16.7. The Morgan fingerprint density at radius 3 is 2.69 bits per heavy atom. The van der Waals surface area contributed by atoms with Gasteiger partial charge in [0.25, 0.3) is 0 Å². The Balaban J connectivity index is 2.35. The molecule has 1 heterocycles. The van der Waals surface area contributed by atoms with E-state index in [4.69, 9.17) is 15.2 Å². The summed E-state index contributed by atoms with van der Waals surface area (Å²) in [6.45, 7) is 11.7. The maximum atomic E-state index is 5.76. The van der Waals surface area contributed by atoms with E-state index in [1.54, 1.807) is 0 Å². The molecule has 0 saturated carbocycles. The van der Waals surface area contributed by atoms with Crippen LogP contribution in [-0.4, -0.2) is 50.6 Å². The van der Waals surface area contributed by atoms with Gasteiger partial charge in [-0.15, -0.1) is 0 Å². The fourth-order valence-corrected chi connectivity index (χ4v) is 1.91. The van der Waals surface area contributed by atoms with Crippen LogP contribution in [0.4, 0.5) is 0 Å². The zero-order valence-corrected chi connectivity index (χ0v) is 10.9. The monoisotopic (exact) mass is 230 g/mol. The minimum atomic E-state index is 0.182. The van der Waals surface area contributed by atoms with Crippen molar-refractivity contribution in [2.45, 2.75) is 33.3 Å². The number of nitrogens with zero attached hydrogens (tertiary/aromatic N) is 1. The molecule has 1 aliphatic rings. The number of likely N-dealkylation sites (N-methyl/N-ethyl adjacent to an activating group) is 1. The molecule has 1 atom stereocenters. The van der Waals surface area contributed by atoms with Crippen LogP contribution in [0.3, 0.4) is 0 Å². The minimum absolute atomic E-state index is 0.182. The van der Waals surface area contributed by atoms with E-state index in [2.05, 4.69) is 25.7 Å². The lowest BCUT2D eigenvalue weighted by Crippen LogP contribution is -2.43. The summed E-state index contributed by atoms with van der Waals surface area (Å²) in [5.74, 6) is 0. The zero-order valence-electron chi connectivity index (χ0n) is 10.9. The first-order valence-electron chi connectivity index (χ1n) is 6.19. The molecule has 16 heavy (non-hydrogen) atoms. The Morgan fingerprint density at radius 1 is 1.44 bits per heavy atom. The molecule has 0 aliphatic carbocycles. The van der Waals surface area contributed by atoms with Crippen molar-refractivity contribution in [1.82, 2.24) is 4.90 Å². The molecule has 0 aromatic carbocycles. The molecule has 4 heteroatoms. The molecule has 0 aromatic heterocycles. The maximum Gasteiger partial charge on any atom is 0.147 e. The predicted octanol–water partition coefficient (Wildman–Crippen LogP) is 1.06. The van der Waals surface area contributed by atoms with E-state index in [-0.39, 0.29) is 5.41 Å². The van der Waals surface area contributed by atoms with E-state index in [0.29, 0.717) is 12.9 Å². The topological polar surface area (TPSA) is 47.7 Å². The molecular formula is C12H26N2O2. The van der Waals surface area contributed by atoms with Crippen molar-refractivity contribution >= 4 is 0 Å². The highest BCUT2D eigenvalue weighted by Crippen LogP contribution is 2.16. The number of hydrogen-bond acceptors (Lipinski definition) is 4. The molecule has 96 valence electrons. The SMILES string of the molecule is CCN(CC1CCOCO1)CC(C)(C)CN.